The first-order valence-electron chi connectivity index (χ1n) is 9.74. The van der Waals surface area contributed by atoms with Gasteiger partial charge in [0.25, 0.3) is 0 Å². The van der Waals surface area contributed by atoms with E-state index in [2.05, 4.69) is 27.1 Å². The summed E-state index contributed by atoms with van der Waals surface area (Å²) in [4.78, 5) is 4.61. The maximum atomic E-state index is 12.8. The Hall–Kier alpha value is -1.21. The van der Waals surface area contributed by atoms with E-state index >= 15 is 0 Å². The summed E-state index contributed by atoms with van der Waals surface area (Å²) < 4.78 is 32.4. The molecule has 0 atom stereocenters. The van der Waals surface area contributed by atoms with Crippen LogP contribution < -0.4 is 10.6 Å². The molecule has 10 heteroatoms. The van der Waals surface area contributed by atoms with Gasteiger partial charge in [0.2, 0.25) is 10.0 Å². The van der Waals surface area contributed by atoms with E-state index in [1.807, 2.05) is 36.6 Å². The number of halogens is 1. The molecule has 0 spiro atoms. The molecule has 1 saturated heterocycles. The van der Waals surface area contributed by atoms with Gasteiger partial charge in [0.15, 0.2) is 5.96 Å². The van der Waals surface area contributed by atoms with E-state index in [0.717, 1.165) is 17.7 Å². The zero-order valence-electron chi connectivity index (χ0n) is 17.0. The van der Waals surface area contributed by atoms with Gasteiger partial charge in [-0.05, 0) is 40.4 Å². The van der Waals surface area contributed by atoms with Gasteiger partial charge < -0.3 is 15.4 Å². The molecule has 7 nitrogen and oxygen atoms in total. The van der Waals surface area contributed by atoms with Crippen molar-refractivity contribution in [3.05, 3.63) is 57.8 Å². The quantitative estimate of drug-likeness (QED) is 0.293. The van der Waals surface area contributed by atoms with Crippen molar-refractivity contribution in [1.29, 1.82) is 0 Å². The smallest absolute Gasteiger partial charge is 0.218 e. The molecule has 30 heavy (non-hydrogen) atoms. The van der Waals surface area contributed by atoms with E-state index < -0.39 is 10.0 Å². The van der Waals surface area contributed by atoms with Crippen LogP contribution in [-0.2, 0) is 33.6 Å². The Morgan fingerprint density at radius 1 is 1.17 bits per heavy atom. The molecule has 0 unspecified atom stereocenters. The van der Waals surface area contributed by atoms with Gasteiger partial charge in [0.05, 0.1) is 25.5 Å². The lowest BCUT2D eigenvalue weighted by Gasteiger charge is -2.26. The lowest BCUT2D eigenvalue weighted by atomic mass is 10.1. The molecule has 0 bridgehead atoms. The van der Waals surface area contributed by atoms with Crippen molar-refractivity contribution in [2.75, 3.05) is 32.8 Å². The van der Waals surface area contributed by atoms with E-state index in [-0.39, 0.29) is 29.7 Å². The fourth-order valence-corrected chi connectivity index (χ4v) is 5.28. The van der Waals surface area contributed by atoms with Crippen LogP contribution in [0, 0.1) is 0 Å². The molecular formula is C20H29IN4O3S2. The third-order valence-electron chi connectivity index (χ3n) is 4.61. The van der Waals surface area contributed by atoms with Crippen molar-refractivity contribution in [1.82, 2.24) is 14.9 Å². The van der Waals surface area contributed by atoms with Crippen molar-refractivity contribution in [3.8, 4) is 0 Å². The highest BCUT2D eigenvalue weighted by Crippen LogP contribution is 2.16. The normalized spacial score (nSPS) is 15.4. The molecule has 1 aromatic heterocycles. The van der Waals surface area contributed by atoms with Crippen molar-refractivity contribution in [2.24, 2.45) is 4.99 Å². The minimum atomic E-state index is -3.37. The lowest BCUT2D eigenvalue weighted by molar-refractivity contribution is 0.0729. The minimum absolute atomic E-state index is 0. The van der Waals surface area contributed by atoms with Gasteiger partial charge in [-0.2, -0.15) is 15.6 Å². The van der Waals surface area contributed by atoms with Crippen molar-refractivity contribution in [3.63, 3.8) is 0 Å². The third kappa shape index (κ3) is 7.49. The first-order valence-corrected chi connectivity index (χ1v) is 12.3. The summed E-state index contributed by atoms with van der Waals surface area (Å²) in [6.45, 7) is 5.62. The topological polar surface area (TPSA) is 83.0 Å². The van der Waals surface area contributed by atoms with Gasteiger partial charge in [-0.3, -0.25) is 0 Å². The number of guanidine groups is 1. The molecule has 2 N–H and O–H groups in total. The number of sulfonamides is 1. The van der Waals surface area contributed by atoms with Crippen molar-refractivity contribution < 1.29 is 13.2 Å². The van der Waals surface area contributed by atoms with Crippen LogP contribution in [0.2, 0.25) is 0 Å². The van der Waals surface area contributed by atoms with Crippen LogP contribution in [0.15, 0.2) is 46.1 Å². The average molecular weight is 565 g/mol. The van der Waals surface area contributed by atoms with Crippen LogP contribution in [0.5, 0.6) is 0 Å². The number of morpholine rings is 1. The molecule has 1 aliphatic rings. The highest BCUT2D eigenvalue weighted by molar-refractivity contribution is 14.0. The minimum Gasteiger partial charge on any atom is -0.379 e. The summed E-state index contributed by atoms with van der Waals surface area (Å²) in [7, 11) is -3.37. The summed E-state index contributed by atoms with van der Waals surface area (Å²) in [5, 5.41) is 10.7. The predicted octanol–water partition coefficient (Wildman–Crippen LogP) is 2.78. The van der Waals surface area contributed by atoms with E-state index in [4.69, 9.17) is 4.74 Å². The van der Waals surface area contributed by atoms with Gasteiger partial charge in [0, 0.05) is 26.2 Å². The number of nitrogens with one attached hydrogen (secondary N) is 2. The molecule has 2 aromatic rings. The van der Waals surface area contributed by atoms with E-state index in [0.29, 0.717) is 45.4 Å². The van der Waals surface area contributed by atoms with Crippen LogP contribution in [-0.4, -0.2) is 51.5 Å². The molecule has 3 rings (SSSR count). The molecule has 0 saturated carbocycles. The predicted molar refractivity (Wildman–Crippen MR) is 133 cm³/mol. The molecule has 0 radical (unpaired) electrons. The Bertz CT molecular complexity index is 899. The number of ether oxygens (including phenoxy) is 1. The number of aliphatic imine (C=N–C) groups is 1. The Kier molecular flexibility index (Phi) is 10.5. The summed E-state index contributed by atoms with van der Waals surface area (Å²) in [6, 6.07) is 9.70. The van der Waals surface area contributed by atoms with Gasteiger partial charge in [-0.25, -0.2) is 13.4 Å². The zero-order valence-corrected chi connectivity index (χ0v) is 21.0. The number of benzene rings is 1. The lowest BCUT2D eigenvalue weighted by Crippen LogP contribution is -2.41. The molecule has 0 aliphatic carbocycles. The number of rotatable bonds is 8. The van der Waals surface area contributed by atoms with Crippen LogP contribution in [0.4, 0.5) is 0 Å². The monoisotopic (exact) mass is 564 g/mol. The summed E-state index contributed by atoms with van der Waals surface area (Å²) in [5.74, 6) is 0.706. The number of hydrogen-bond acceptors (Lipinski definition) is 5. The standard InChI is InChI=1S/C20H28N4O3S2.HI/c1-2-21-20(22-13-17-7-12-28-15-17)23-14-18-5-3-4-6-19(18)16-29(25,26)24-8-10-27-11-9-24;/h3-7,12,15H,2,8-11,13-14,16H2,1H3,(H2,21,22,23);1H. The molecule has 1 aliphatic heterocycles. The third-order valence-corrected chi connectivity index (χ3v) is 7.17. The maximum Gasteiger partial charge on any atom is 0.218 e. The molecule has 0 amide bonds. The van der Waals surface area contributed by atoms with E-state index in [1.54, 1.807) is 11.3 Å². The Labute approximate surface area is 200 Å². The zero-order chi connectivity index (χ0) is 20.5. The highest BCUT2D eigenvalue weighted by Gasteiger charge is 2.25. The Balaban J connectivity index is 0.00000320. The van der Waals surface area contributed by atoms with Crippen LogP contribution in [0.1, 0.15) is 23.6 Å². The van der Waals surface area contributed by atoms with E-state index in [9.17, 15) is 8.42 Å². The van der Waals surface area contributed by atoms with Crippen LogP contribution in [0.3, 0.4) is 0 Å². The molecular weight excluding hydrogens is 535 g/mol. The number of thiophene rings is 1. The van der Waals surface area contributed by atoms with Crippen molar-refractivity contribution >= 4 is 51.3 Å². The van der Waals surface area contributed by atoms with Gasteiger partial charge in [0.1, 0.15) is 0 Å². The fraction of sp³-hybridized carbons (Fsp3) is 0.450. The number of nitrogens with zero attached hydrogens (tertiary/aromatic N) is 2. The summed E-state index contributed by atoms with van der Waals surface area (Å²) in [5.41, 5.74) is 2.93. The Morgan fingerprint density at radius 3 is 2.57 bits per heavy atom. The van der Waals surface area contributed by atoms with E-state index in [1.165, 1.54) is 9.87 Å². The SMILES string of the molecule is CCNC(=NCc1ccsc1)NCc1ccccc1CS(=O)(=O)N1CCOCC1.I. The second kappa shape index (κ2) is 12.6. The first kappa shape index (κ1) is 25.1. The van der Waals surface area contributed by atoms with Crippen LogP contribution >= 0.6 is 35.3 Å². The fourth-order valence-electron chi connectivity index (χ4n) is 3.06. The largest absolute Gasteiger partial charge is 0.379 e. The van der Waals surface area contributed by atoms with Crippen molar-refractivity contribution in [2.45, 2.75) is 25.8 Å². The van der Waals surface area contributed by atoms with Gasteiger partial charge >= 0.3 is 0 Å². The second-order valence-corrected chi connectivity index (χ2v) is 9.47. The molecule has 2 heterocycles. The Morgan fingerprint density at radius 2 is 1.90 bits per heavy atom. The van der Waals surface area contributed by atoms with Crippen LogP contribution in [0.25, 0.3) is 0 Å². The van der Waals surface area contributed by atoms with Gasteiger partial charge in [-0.15, -0.1) is 24.0 Å². The second-order valence-electron chi connectivity index (χ2n) is 6.72. The first-order chi connectivity index (χ1) is 14.1. The molecule has 166 valence electrons. The average Bonchev–Trinajstić information content (AvgIpc) is 3.25. The summed E-state index contributed by atoms with van der Waals surface area (Å²) in [6.07, 6.45) is 0. The highest BCUT2D eigenvalue weighted by atomic mass is 127. The van der Waals surface area contributed by atoms with Gasteiger partial charge in [-0.1, -0.05) is 24.3 Å². The molecule has 1 aromatic carbocycles. The number of hydrogen-bond donors (Lipinski definition) is 2. The summed E-state index contributed by atoms with van der Waals surface area (Å²) >= 11 is 1.65. The maximum absolute atomic E-state index is 12.8. The molecule has 1 fully saturated rings.